The number of hydrogen-bond acceptors (Lipinski definition) is 3. The molecular weight excluding hydrogens is 216 g/mol. The van der Waals surface area contributed by atoms with Crippen LogP contribution in [0.25, 0.3) is 0 Å². The van der Waals surface area contributed by atoms with Crippen LogP contribution in [-0.4, -0.2) is 15.7 Å². The van der Waals surface area contributed by atoms with E-state index >= 15 is 0 Å². The normalized spacial score (nSPS) is 14.5. The van der Waals surface area contributed by atoms with Gasteiger partial charge in [-0.15, -0.1) is 0 Å². The smallest absolute Gasteiger partial charge is 0.238 e. The number of carbonyl (C=O) groups is 1. The fraction of sp³-hybridized carbons (Fsp3) is 0.667. The molecule has 1 amide bonds. The average molecular weight is 238 g/mol. The molecular formula is C12H22N4O. The first-order valence-electron chi connectivity index (χ1n) is 5.99. The highest BCUT2D eigenvalue weighted by Gasteiger charge is 2.24. The van der Waals surface area contributed by atoms with Gasteiger partial charge in [0.15, 0.2) is 0 Å². The van der Waals surface area contributed by atoms with Gasteiger partial charge in [0.1, 0.15) is 0 Å². The summed E-state index contributed by atoms with van der Waals surface area (Å²) in [5.41, 5.74) is 5.62. The van der Waals surface area contributed by atoms with E-state index in [0.29, 0.717) is 0 Å². The standard InChI is InChI=1S/C12H22N4O/c1-6-11-8(3)15-16(10(11)5)9(4)7(2)12(17)14-13/h7,9H,6,13H2,1-5H3,(H,14,17). The van der Waals surface area contributed by atoms with Gasteiger partial charge in [0, 0.05) is 5.69 Å². The summed E-state index contributed by atoms with van der Waals surface area (Å²) in [7, 11) is 0. The van der Waals surface area contributed by atoms with Crippen LogP contribution in [-0.2, 0) is 11.2 Å². The maximum absolute atomic E-state index is 11.5. The molecule has 5 nitrogen and oxygen atoms in total. The molecule has 0 aliphatic heterocycles. The highest BCUT2D eigenvalue weighted by molar-refractivity contribution is 5.78. The Balaban J connectivity index is 3.04. The van der Waals surface area contributed by atoms with E-state index < -0.39 is 0 Å². The Bertz CT molecular complexity index is 411. The Kier molecular flexibility index (Phi) is 4.28. The zero-order valence-electron chi connectivity index (χ0n) is 11.2. The Labute approximate surface area is 102 Å². The topological polar surface area (TPSA) is 72.9 Å². The van der Waals surface area contributed by atoms with Crippen LogP contribution in [0.15, 0.2) is 0 Å². The largest absolute Gasteiger partial charge is 0.294 e. The minimum absolute atomic E-state index is 0.00227. The zero-order chi connectivity index (χ0) is 13.2. The van der Waals surface area contributed by atoms with Crippen molar-refractivity contribution in [2.75, 3.05) is 0 Å². The second kappa shape index (κ2) is 5.31. The van der Waals surface area contributed by atoms with Crippen LogP contribution in [0.1, 0.15) is 43.8 Å². The lowest BCUT2D eigenvalue weighted by molar-refractivity contribution is -0.125. The van der Waals surface area contributed by atoms with Crippen molar-refractivity contribution >= 4 is 5.91 Å². The summed E-state index contributed by atoms with van der Waals surface area (Å²) in [6.45, 7) is 10.0. The van der Waals surface area contributed by atoms with Gasteiger partial charge in [-0.25, -0.2) is 5.84 Å². The molecule has 2 atom stereocenters. The van der Waals surface area contributed by atoms with Crippen molar-refractivity contribution in [3.8, 4) is 0 Å². The van der Waals surface area contributed by atoms with Crippen LogP contribution in [0.4, 0.5) is 0 Å². The fourth-order valence-corrected chi connectivity index (χ4v) is 2.17. The van der Waals surface area contributed by atoms with Gasteiger partial charge in [-0.2, -0.15) is 5.10 Å². The van der Waals surface area contributed by atoms with Crippen LogP contribution in [0.2, 0.25) is 0 Å². The molecule has 5 heteroatoms. The molecule has 0 aliphatic carbocycles. The molecule has 0 aliphatic rings. The van der Waals surface area contributed by atoms with Crippen molar-refractivity contribution in [2.24, 2.45) is 11.8 Å². The Morgan fingerprint density at radius 2 is 2.06 bits per heavy atom. The number of rotatable bonds is 4. The third kappa shape index (κ3) is 2.49. The van der Waals surface area contributed by atoms with E-state index in [0.717, 1.165) is 17.8 Å². The maximum Gasteiger partial charge on any atom is 0.238 e. The third-order valence-electron chi connectivity index (χ3n) is 3.49. The summed E-state index contributed by atoms with van der Waals surface area (Å²) >= 11 is 0. The van der Waals surface area contributed by atoms with Crippen LogP contribution in [0, 0.1) is 19.8 Å². The summed E-state index contributed by atoms with van der Waals surface area (Å²) in [6, 6.07) is -0.00227. The average Bonchev–Trinajstić information content (AvgIpc) is 2.61. The third-order valence-corrected chi connectivity index (χ3v) is 3.49. The maximum atomic E-state index is 11.5. The Morgan fingerprint density at radius 1 is 1.47 bits per heavy atom. The molecule has 0 spiro atoms. The van der Waals surface area contributed by atoms with Gasteiger partial charge in [-0.3, -0.25) is 14.9 Å². The predicted octanol–water partition coefficient (Wildman–Crippen LogP) is 1.25. The summed E-state index contributed by atoms with van der Waals surface area (Å²) in [4.78, 5) is 11.5. The summed E-state index contributed by atoms with van der Waals surface area (Å²) in [5, 5.41) is 4.51. The zero-order valence-corrected chi connectivity index (χ0v) is 11.2. The van der Waals surface area contributed by atoms with Crippen LogP contribution < -0.4 is 11.3 Å². The Morgan fingerprint density at radius 3 is 2.47 bits per heavy atom. The molecule has 96 valence electrons. The molecule has 0 radical (unpaired) electrons. The monoisotopic (exact) mass is 238 g/mol. The summed E-state index contributed by atoms with van der Waals surface area (Å²) in [5.74, 6) is 4.79. The number of hydrazine groups is 1. The van der Waals surface area contributed by atoms with Crippen molar-refractivity contribution in [3.05, 3.63) is 17.0 Å². The van der Waals surface area contributed by atoms with Gasteiger partial charge in [0.2, 0.25) is 5.91 Å². The van der Waals surface area contributed by atoms with E-state index in [4.69, 9.17) is 5.84 Å². The SMILES string of the molecule is CCc1c(C)nn(C(C)C(C)C(=O)NN)c1C. The van der Waals surface area contributed by atoms with E-state index in [1.807, 2.05) is 32.4 Å². The molecule has 1 rings (SSSR count). The lowest BCUT2D eigenvalue weighted by Crippen LogP contribution is -2.38. The molecule has 0 fully saturated rings. The molecule has 3 N–H and O–H groups in total. The van der Waals surface area contributed by atoms with Crippen molar-refractivity contribution < 1.29 is 4.79 Å². The van der Waals surface area contributed by atoms with Gasteiger partial charge in [-0.1, -0.05) is 13.8 Å². The first-order valence-corrected chi connectivity index (χ1v) is 5.99. The van der Waals surface area contributed by atoms with Gasteiger partial charge < -0.3 is 0 Å². The quantitative estimate of drug-likeness (QED) is 0.471. The number of carbonyl (C=O) groups excluding carboxylic acids is 1. The van der Waals surface area contributed by atoms with Gasteiger partial charge in [0.25, 0.3) is 0 Å². The molecule has 0 saturated carbocycles. The van der Waals surface area contributed by atoms with Crippen LogP contribution >= 0.6 is 0 Å². The van der Waals surface area contributed by atoms with Crippen LogP contribution in [0.5, 0.6) is 0 Å². The number of nitrogens with one attached hydrogen (secondary N) is 1. The number of aryl methyl sites for hydroxylation is 1. The van der Waals surface area contributed by atoms with Gasteiger partial charge >= 0.3 is 0 Å². The lowest BCUT2D eigenvalue weighted by atomic mass is 10.0. The van der Waals surface area contributed by atoms with Gasteiger partial charge in [-0.05, 0) is 32.8 Å². The van der Waals surface area contributed by atoms with E-state index in [2.05, 4.69) is 17.4 Å². The highest BCUT2D eigenvalue weighted by atomic mass is 16.2. The molecule has 1 aromatic heterocycles. The molecule has 0 aromatic carbocycles. The highest BCUT2D eigenvalue weighted by Crippen LogP contribution is 2.23. The molecule has 1 heterocycles. The molecule has 0 saturated heterocycles. The van der Waals surface area contributed by atoms with Gasteiger partial charge in [0.05, 0.1) is 17.7 Å². The van der Waals surface area contributed by atoms with E-state index in [9.17, 15) is 4.79 Å². The first kappa shape index (κ1) is 13.7. The first-order chi connectivity index (χ1) is 7.93. The second-order valence-corrected chi connectivity index (χ2v) is 4.49. The minimum atomic E-state index is -0.206. The van der Waals surface area contributed by atoms with Crippen molar-refractivity contribution in [2.45, 2.75) is 47.1 Å². The van der Waals surface area contributed by atoms with E-state index in [1.165, 1.54) is 5.56 Å². The molecule has 2 unspecified atom stereocenters. The predicted molar refractivity (Wildman–Crippen MR) is 67.3 cm³/mol. The number of aromatic nitrogens is 2. The van der Waals surface area contributed by atoms with E-state index in [-0.39, 0.29) is 17.9 Å². The minimum Gasteiger partial charge on any atom is -0.294 e. The second-order valence-electron chi connectivity index (χ2n) is 4.49. The summed E-state index contributed by atoms with van der Waals surface area (Å²) < 4.78 is 1.92. The number of amides is 1. The molecule has 0 bridgehead atoms. The molecule has 17 heavy (non-hydrogen) atoms. The number of hydrogen-bond donors (Lipinski definition) is 2. The van der Waals surface area contributed by atoms with Crippen molar-refractivity contribution in [3.63, 3.8) is 0 Å². The Hall–Kier alpha value is -1.36. The van der Waals surface area contributed by atoms with E-state index in [1.54, 1.807) is 0 Å². The number of nitrogens with two attached hydrogens (primary N) is 1. The summed E-state index contributed by atoms with van der Waals surface area (Å²) in [6.07, 6.45) is 0.960. The van der Waals surface area contributed by atoms with Crippen molar-refractivity contribution in [1.82, 2.24) is 15.2 Å². The number of nitrogens with zero attached hydrogens (tertiary/aromatic N) is 2. The molecule has 1 aromatic rings. The van der Waals surface area contributed by atoms with Crippen LogP contribution in [0.3, 0.4) is 0 Å². The fourth-order valence-electron chi connectivity index (χ4n) is 2.17. The van der Waals surface area contributed by atoms with Crippen molar-refractivity contribution in [1.29, 1.82) is 0 Å². The lowest BCUT2D eigenvalue weighted by Gasteiger charge is -2.20.